The highest BCUT2D eigenvalue weighted by molar-refractivity contribution is 5.68. The highest BCUT2D eigenvalue weighted by atomic mass is 16.5. The first kappa shape index (κ1) is 11.3. The molecule has 0 amide bonds. The third-order valence-corrected chi connectivity index (χ3v) is 2.94. The lowest BCUT2D eigenvalue weighted by Gasteiger charge is -2.37. The molecule has 1 aliphatic rings. The van der Waals surface area contributed by atoms with E-state index in [0.29, 0.717) is 0 Å². The van der Waals surface area contributed by atoms with E-state index in [-0.39, 0.29) is 12.2 Å². The SMILES string of the molecule is Cc1ccc(N2CC(C)OC(C)C2)c(N)c1. The molecule has 1 aromatic carbocycles. The minimum Gasteiger partial charge on any atom is -0.397 e. The number of rotatable bonds is 1. The van der Waals surface area contributed by atoms with Gasteiger partial charge in [0, 0.05) is 13.1 Å². The zero-order valence-corrected chi connectivity index (χ0v) is 10.2. The Morgan fingerprint density at radius 2 is 1.88 bits per heavy atom. The van der Waals surface area contributed by atoms with E-state index in [9.17, 15) is 0 Å². The van der Waals surface area contributed by atoms with Gasteiger partial charge in [-0.1, -0.05) is 6.07 Å². The van der Waals surface area contributed by atoms with Gasteiger partial charge in [0.15, 0.2) is 0 Å². The van der Waals surface area contributed by atoms with Crippen molar-refractivity contribution in [2.75, 3.05) is 23.7 Å². The van der Waals surface area contributed by atoms with Gasteiger partial charge in [0.05, 0.1) is 23.6 Å². The van der Waals surface area contributed by atoms with Crippen LogP contribution in [-0.4, -0.2) is 25.3 Å². The minimum absolute atomic E-state index is 0.268. The van der Waals surface area contributed by atoms with E-state index in [2.05, 4.69) is 37.8 Å². The number of aryl methyl sites for hydroxylation is 1. The van der Waals surface area contributed by atoms with Crippen molar-refractivity contribution in [2.45, 2.75) is 33.0 Å². The lowest BCUT2D eigenvalue weighted by atomic mass is 10.1. The second-order valence-electron chi connectivity index (χ2n) is 4.72. The summed E-state index contributed by atoms with van der Waals surface area (Å²) >= 11 is 0. The van der Waals surface area contributed by atoms with Crippen LogP contribution in [-0.2, 0) is 4.74 Å². The number of ether oxygens (including phenoxy) is 1. The number of hydrogen-bond acceptors (Lipinski definition) is 3. The van der Waals surface area contributed by atoms with Crippen LogP contribution in [0.2, 0.25) is 0 Å². The summed E-state index contributed by atoms with van der Waals surface area (Å²) in [5.74, 6) is 0. The molecule has 2 unspecified atom stereocenters. The van der Waals surface area contributed by atoms with Gasteiger partial charge >= 0.3 is 0 Å². The molecule has 1 saturated heterocycles. The van der Waals surface area contributed by atoms with E-state index in [1.54, 1.807) is 0 Å². The summed E-state index contributed by atoms with van der Waals surface area (Å²) in [5, 5.41) is 0. The van der Waals surface area contributed by atoms with Crippen LogP contribution >= 0.6 is 0 Å². The smallest absolute Gasteiger partial charge is 0.0726 e. The number of anilines is 2. The molecule has 0 bridgehead atoms. The van der Waals surface area contributed by atoms with Gasteiger partial charge in [-0.2, -0.15) is 0 Å². The molecule has 2 atom stereocenters. The molecule has 16 heavy (non-hydrogen) atoms. The topological polar surface area (TPSA) is 38.5 Å². The molecule has 2 N–H and O–H groups in total. The fraction of sp³-hybridized carbons (Fsp3) is 0.538. The van der Waals surface area contributed by atoms with Gasteiger partial charge in [0.25, 0.3) is 0 Å². The van der Waals surface area contributed by atoms with Crippen molar-refractivity contribution < 1.29 is 4.74 Å². The molecule has 0 aliphatic carbocycles. The average molecular weight is 220 g/mol. The first-order chi connectivity index (χ1) is 7.56. The normalized spacial score (nSPS) is 25.8. The Kier molecular flexibility index (Phi) is 3.06. The van der Waals surface area contributed by atoms with Crippen molar-refractivity contribution in [1.82, 2.24) is 0 Å². The van der Waals surface area contributed by atoms with Crippen molar-refractivity contribution in [3.05, 3.63) is 23.8 Å². The van der Waals surface area contributed by atoms with Crippen molar-refractivity contribution >= 4 is 11.4 Å². The summed E-state index contributed by atoms with van der Waals surface area (Å²) in [4.78, 5) is 2.31. The molecule has 0 spiro atoms. The molecule has 0 radical (unpaired) electrons. The molecule has 0 aromatic heterocycles. The summed E-state index contributed by atoms with van der Waals surface area (Å²) in [7, 11) is 0. The number of nitrogen functional groups attached to an aromatic ring is 1. The van der Waals surface area contributed by atoms with Gasteiger partial charge in [-0.25, -0.2) is 0 Å². The number of benzene rings is 1. The van der Waals surface area contributed by atoms with E-state index >= 15 is 0 Å². The Balaban J connectivity index is 2.23. The van der Waals surface area contributed by atoms with Crippen LogP contribution < -0.4 is 10.6 Å². The molecular weight excluding hydrogens is 200 g/mol. The Hall–Kier alpha value is -1.22. The quantitative estimate of drug-likeness (QED) is 0.737. The predicted molar refractivity (Wildman–Crippen MR) is 67.8 cm³/mol. The third kappa shape index (κ3) is 2.30. The predicted octanol–water partition coefficient (Wildman–Crippen LogP) is 2.19. The highest BCUT2D eigenvalue weighted by Gasteiger charge is 2.23. The molecule has 88 valence electrons. The molecule has 1 aromatic rings. The monoisotopic (exact) mass is 220 g/mol. The molecule has 3 nitrogen and oxygen atoms in total. The zero-order valence-electron chi connectivity index (χ0n) is 10.2. The van der Waals surface area contributed by atoms with Gasteiger partial charge in [0.1, 0.15) is 0 Å². The molecular formula is C13H20N2O. The lowest BCUT2D eigenvalue weighted by Crippen LogP contribution is -2.45. The first-order valence-electron chi connectivity index (χ1n) is 5.83. The Morgan fingerprint density at radius 1 is 1.25 bits per heavy atom. The minimum atomic E-state index is 0.268. The maximum Gasteiger partial charge on any atom is 0.0726 e. The van der Waals surface area contributed by atoms with Crippen molar-refractivity contribution in [2.24, 2.45) is 0 Å². The van der Waals surface area contributed by atoms with E-state index in [4.69, 9.17) is 10.5 Å². The average Bonchev–Trinajstić information content (AvgIpc) is 2.15. The van der Waals surface area contributed by atoms with Crippen LogP contribution in [0.15, 0.2) is 18.2 Å². The van der Waals surface area contributed by atoms with Gasteiger partial charge in [-0.15, -0.1) is 0 Å². The first-order valence-corrected chi connectivity index (χ1v) is 5.83. The highest BCUT2D eigenvalue weighted by Crippen LogP contribution is 2.27. The van der Waals surface area contributed by atoms with Gasteiger partial charge in [-0.05, 0) is 38.5 Å². The fourth-order valence-corrected chi connectivity index (χ4v) is 2.34. The second-order valence-corrected chi connectivity index (χ2v) is 4.72. The summed E-state index contributed by atoms with van der Waals surface area (Å²) in [6.07, 6.45) is 0.536. The maximum atomic E-state index is 6.06. The van der Waals surface area contributed by atoms with Crippen LogP contribution in [0.1, 0.15) is 19.4 Å². The van der Waals surface area contributed by atoms with E-state index in [0.717, 1.165) is 24.5 Å². The van der Waals surface area contributed by atoms with Crippen LogP contribution in [0.4, 0.5) is 11.4 Å². The Bertz CT molecular complexity index is 368. The molecule has 1 heterocycles. The van der Waals surface area contributed by atoms with E-state index in [1.165, 1.54) is 5.56 Å². The molecule has 2 rings (SSSR count). The standard InChI is InChI=1S/C13H20N2O/c1-9-4-5-13(12(14)6-9)15-7-10(2)16-11(3)8-15/h4-6,10-11H,7-8,14H2,1-3H3. The summed E-state index contributed by atoms with van der Waals surface area (Å²) < 4.78 is 5.72. The van der Waals surface area contributed by atoms with Crippen molar-refractivity contribution in [1.29, 1.82) is 0 Å². The zero-order chi connectivity index (χ0) is 11.7. The Labute approximate surface area is 97.2 Å². The van der Waals surface area contributed by atoms with E-state index in [1.807, 2.05) is 6.07 Å². The number of nitrogens with two attached hydrogens (primary N) is 1. The summed E-state index contributed by atoms with van der Waals surface area (Å²) in [6, 6.07) is 6.24. The van der Waals surface area contributed by atoms with E-state index < -0.39 is 0 Å². The fourth-order valence-electron chi connectivity index (χ4n) is 2.34. The molecule has 0 saturated carbocycles. The third-order valence-electron chi connectivity index (χ3n) is 2.94. The lowest BCUT2D eigenvalue weighted by molar-refractivity contribution is -0.00517. The van der Waals surface area contributed by atoms with Crippen molar-refractivity contribution in [3.63, 3.8) is 0 Å². The number of morpholine rings is 1. The van der Waals surface area contributed by atoms with Crippen molar-refractivity contribution in [3.8, 4) is 0 Å². The second kappa shape index (κ2) is 4.34. The summed E-state index contributed by atoms with van der Waals surface area (Å²) in [5.41, 5.74) is 9.26. The number of nitrogens with zero attached hydrogens (tertiary/aromatic N) is 1. The summed E-state index contributed by atoms with van der Waals surface area (Å²) in [6.45, 7) is 8.10. The van der Waals surface area contributed by atoms with Gasteiger partial charge < -0.3 is 15.4 Å². The van der Waals surface area contributed by atoms with Crippen LogP contribution in [0.3, 0.4) is 0 Å². The van der Waals surface area contributed by atoms with Crippen LogP contribution in [0.5, 0.6) is 0 Å². The van der Waals surface area contributed by atoms with Gasteiger partial charge in [0.2, 0.25) is 0 Å². The Morgan fingerprint density at radius 3 is 2.44 bits per heavy atom. The molecule has 3 heteroatoms. The molecule has 1 aliphatic heterocycles. The van der Waals surface area contributed by atoms with Gasteiger partial charge in [-0.3, -0.25) is 0 Å². The van der Waals surface area contributed by atoms with Crippen LogP contribution in [0, 0.1) is 6.92 Å². The van der Waals surface area contributed by atoms with Crippen LogP contribution in [0.25, 0.3) is 0 Å². The molecule has 1 fully saturated rings. The largest absolute Gasteiger partial charge is 0.397 e. The number of hydrogen-bond donors (Lipinski definition) is 1. The maximum absolute atomic E-state index is 6.06.